The van der Waals surface area contributed by atoms with Crippen molar-refractivity contribution < 1.29 is 14.8 Å². The van der Waals surface area contributed by atoms with Crippen molar-refractivity contribution in [1.82, 2.24) is 30.3 Å². The van der Waals surface area contributed by atoms with Gasteiger partial charge in [-0.15, -0.1) is 0 Å². The Morgan fingerprint density at radius 2 is 1.94 bits per heavy atom. The van der Waals surface area contributed by atoms with Crippen molar-refractivity contribution in [2.45, 2.75) is 39.2 Å². The molecule has 0 radical (unpaired) electrons. The van der Waals surface area contributed by atoms with E-state index >= 15 is 0 Å². The molecule has 0 saturated carbocycles. The number of hydroxylamine groups is 2. The highest BCUT2D eigenvalue weighted by atomic mass is 16.5. The van der Waals surface area contributed by atoms with E-state index in [9.17, 15) is 14.8 Å². The molecular weight excluding hydrogens is 436 g/mol. The molecule has 3 rings (SSSR count). The third-order valence-electron chi connectivity index (χ3n) is 5.77. The predicted octanol–water partition coefficient (Wildman–Crippen LogP) is 1.68. The third-order valence-corrected chi connectivity index (χ3v) is 5.77. The largest absolute Gasteiger partial charge is 0.338 e. The molecule has 3 N–H and O–H groups in total. The number of nitrogens with zero attached hydrogens (tertiary/aromatic N) is 6. The van der Waals surface area contributed by atoms with E-state index in [0.717, 1.165) is 57.1 Å². The Morgan fingerprint density at radius 1 is 1.18 bits per heavy atom. The average Bonchev–Trinajstić information content (AvgIpc) is 2.88. The normalized spacial score (nSPS) is 14.9. The van der Waals surface area contributed by atoms with Crippen LogP contribution in [0.2, 0.25) is 0 Å². The highest BCUT2D eigenvalue weighted by molar-refractivity contribution is 5.80. The van der Waals surface area contributed by atoms with Gasteiger partial charge in [0.15, 0.2) is 0 Å². The lowest BCUT2D eigenvalue weighted by molar-refractivity contribution is -0.154. The summed E-state index contributed by atoms with van der Waals surface area (Å²) in [6, 6.07) is 7.45. The van der Waals surface area contributed by atoms with Crippen LogP contribution in [-0.2, 0) is 16.1 Å². The number of hydrazine groups is 1. The van der Waals surface area contributed by atoms with Gasteiger partial charge in [0.25, 0.3) is 0 Å². The summed E-state index contributed by atoms with van der Waals surface area (Å²) in [6.45, 7) is 6.18. The minimum Gasteiger partial charge on any atom is -0.338 e. The zero-order chi connectivity index (χ0) is 24.2. The molecule has 0 aromatic carbocycles. The van der Waals surface area contributed by atoms with Crippen LogP contribution < -0.4 is 15.8 Å². The van der Waals surface area contributed by atoms with Gasteiger partial charge in [0.05, 0.1) is 18.2 Å². The Balaban J connectivity index is 1.48. The molecular formula is C23H34N8O3. The third kappa shape index (κ3) is 7.92. The number of nitrogens with one attached hydrogen (secondary N) is 2. The maximum Gasteiger partial charge on any atom is 0.243 e. The fourth-order valence-electron chi connectivity index (χ4n) is 3.87. The minimum atomic E-state index is -0.512. The van der Waals surface area contributed by atoms with E-state index in [1.54, 1.807) is 18.5 Å². The van der Waals surface area contributed by atoms with Gasteiger partial charge in [-0.3, -0.25) is 30.5 Å². The first kappa shape index (κ1) is 25.3. The van der Waals surface area contributed by atoms with E-state index in [2.05, 4.69) is 42.5 Å². The van der Waals surface area contributed by atoms with E-state index in [0.29, 0.717) is 30.3 Å². The summed E-state index contributed by atoms with van der Waals surface area (Å²) >= 11 is 0. The first-order valence-electron chi connectivity index (χ1n) is 11.8. The molecule has 0 aliphatic carbocycles. The molecule has 2 aromatic heterocycles. The summed E-state index contributed by atoms with van der Waals surface area (Å²) in [5, 5.41) is 10.0. The first-order valence-corrected chi connectivity index (χ1v) is 11.8. The smallest absolute Gasteiger partial charge is 0.243 e. The Bertz CT molecular complexity index is 893. The fourth-order valence-corrected chi connectivity index (χ4v) is 3.87. The average molecular weight is 471 g/mol. The lowest BCUT2D eigenvalue weighted by Crippen LogP contribution is -2.46. The molecule has 11 nitrogen and oxygen atoms in total. The molecule has 3 heterocycles. The van der Waals surface area contributed by atoms with Gasteiger partial charge in [0.2, 0.25) is 18.3 Å². The van der Waals surface area contributed by atoms with Gasteiger partial charge < -0.3 is 4.90 Å². The molecule has 2 amide bonds. The number of rotatable bonds is 13. The topological polar surface area (TPSA) is 127 Å². The number of anilines is 2. The number of carbonyl (C=O) groups is 2. The van der Waals surface area contributed by atoms with Gasteiger partial charge in [-0.2, -0.15) is 0 Å². The fraction of sp³-hybridized carbons (Fsp3) is 0.522. The zero-order valence-electron chi connectivity index (χ0n) is 19.6. The van der Waals surface area contributed by atoms with Gasteiger partial charge in [-0.25, -0.2) is 20.0 Å². The summed E-state index contributed by atoms with van der Waals surface area (Å²) in [7, 11) is 0. The van der Waals surface area contributed by atoms with Crippen LogP contribution in [0.5, 0.6) is 0 Å². The molecule has 1 saturated heterocycles. The van der Waals surface area contributed by atoms with Crippen LogP contribution in [0, 0.1) is 5.92 Å². The Kier molecular flexibility index (Phi) is 9.98. The summed E-state index contributed by atoms with van der Waals surface area (Å²) < 4.78 is 0. The molecule has 184 valence electrons. The van der Waals surface area contributed by atoms with Crippen LogP contribution in [0.25, 0.3) is 0 Å². The highest BCUT2D eigenvalue weighted by Gasteiger charge is 2.21. The van der Waals surface area contributed by atoms with Crippen molar-refractivity contribution in [3.05, 3.63) is 42.4 Å². The zero-order valence-corrected chi connectivity index (χ0v) is 19.6. The van der Waals surface area contributed by atoms with Crippen molar-refractivity contribution in [2.75, 3.05) is 43.0 Å². The van der Waals surface area contributed by atoms with Crippen LogP contribution in [0.1, 0.15) is 38.3 Å². The first-order chi connectivity index (χ1) is 16.6. The predicted molar refractivity (Wildman–Crippen MR) is 128 cm³/mol. The van der Waals surface area contributed by atoms with Crippen LogP contribution >= 0.6 is 0 Å². The van der Waals surface area contributed by atoms with Gasteiger partial charge in [0, 0.05) is 45.1 Å². The maximum absolute atomic E-state index is 12.6. The van der Waals surface area contributed by atoms with E-state index in [4.69, 9.17) is 0 Å². The number of pyridine rings is 1. The van der Waals surface area contributed by atoms with E-state index in [1.165, 1.54) is 0 Å². The number of carbonyl (C=O) groups excluding carboxylic acids is 2. The van der Waals surface area contributed by atoms with Gasteiger partial charge in [-0.05, 0) is 24.6 Å². The van der Waals surface area contributed by atoms with E-state index in [1.807, 2.05) is 18.2 Å². The van der Waals surface area contributed by atoms with Crippen LogP contribution in [0.3, 0.4) is 0 Å². The molecule has 11 heteroatoms. The molecule has 1 aliphatic rings. The van der Waals surface area contributed by atoms with E-state index in [-0.39, 0.29) is 12.5 Å². The summed E-state index contributed by atoms with van der Waals surface area (Å²) in [5.41, 5.74) is 6.44. The summed E-state index contributed by atoms with van der Waals surface area (Å²) in [5.74, 6) is 0.490. The van der Waals surface area contributed by atoms with Crippen molar-refractivity contribution in [3.8, 4) is 0 Å². The number of hydrogen-bond acceptors (Lipinski definition) is 9. The maximum atomic E-state index is 12.6. The van der Waals surface area contributed by atoms with Crippen LogP contribution in [0.4, 0.5) is 11.8 Å². The second kappa shape index (κ2) is 13.4. The Hall–Kier alpha value is -3.31. The lowest BCUT2D eigenvalue weighted by Gasteiger charge is -2.34. The number of aromatic nitrogens is 3. The Labute approximate surface area is 200 Å². The van der Waals surface area contributed by atoms with Gasteiger partial charge >= 0.3 is 0 Å². The van der Waals surface area contributed by atoms with E-state index < -0.39 is 5.92 Å². The summed E-state index contributed by atoms with van der Waals surface area (Å²) in [6.07, 6.45) is 7.26. The van der Waals surface area contributed by atoms with Gasteiger partial charge in [0.1, 0.15) is 5.82 Å². The standard InChI is InChI=1S/C23H34N8O3/c1-2-3-4-7-19(16-31(34)18-32)22(33)28-27-21-9-5-8-20(26-21)17-29-12-14-30(15-13-29)23-24-10-6-11-25-23/h5-6,8-11,18-19,34H,2-4,7,12-17H2,1H3,(H,26,27)(H,28,33)/t19-/m0/s1. The number of piperazine rings is 1. The molecule has 2 aromatic rings. The monoisotopic (exact) mass is 470 g/mol. The number of amides is 2. The molecule has 0 spiro atoms. The van der Waals surface area contributed by atoms with Crippen molar-refractivity contribution >= 4 is 24.1 Å². The summed E-state index contributed by atoms with van der Waals surface area (Å²) in [4.78, 5) is 41.1. The van der Waals surface area contributed by atoms with Crippen LogP contribution in [0.15, 0.2) is 36.7 Å². The molecule has 1 fully saturated rings. The van der Waals surface area contributed by atoms with Crippen molar-refractivity contribution in [2.24, 2.45) is 5.92 Å². The number of hydrogen-bond donors (Lipinski definition) is 3. The molecule has 1 aliphatic heterocycles. The quantitative estimate of drug-likeness (QED) is 0.173. The number of unbranched alkanes of at least 4 members (excludes halogenated alkanes) is 2. The highest BCUT2D eigenvalue weighted by Crippen LogP contribution is 2.14. The second-order valence-corrected chi connectivity index (χ2v) is 8.36. The van der Waals surface area contributed by atoms with Crippen LogP contribution in [-0.4, -0.2) is 75.2 Å². The van der Waals surface area contributed by atoms with Crippen molar-refractivity contribution in [1.29, 1.82) is 0 Å². The van der Waals surface area contributed by atoms with Crippen molar-refractivity contribution in [3.63, 3.8) is 0 Å². The SMILES string of the molecule is CCCCC[C@@H](CN(O)C=O)C(=O)NNc1cccc(CN2CCN(c3ncccn3)CC2)n1. The minimum absolute atomic E-state index is 0.0474. The molecule has 0 bridgehead atoms. The molecule has 0 unspecified atom stereocenters. The Morgan fingerprint density at radius 3 is 2.65 bits per heavy atom. The molecule has 1 atom stereocenters. The lowest BCUT2D eigenvalue weighted by atomic mass is 10.0. The second-order valence-electron chi connectivity index (χ2n) is 8.36. The molecule has 34 heavy (non-hydrogen) atoms. The van der Waals surface area contributed by atoms with Gasteiger partial charge in [-0.1, -0.05) is 32.3 Å².